The summed E-state index contributed by atoms with van der Waals surface area (Å²) in [4.78, 5) is 13.2. The molecule has 8 heteroatoms. The minimum absolute atomic E-state index is 0.384. The smallest absolute Gasteiger partial charge is 0.226 e. The Labute approximate surface area is 181 Å². The SMILES string of the molecule is N#Cc1cccc(Oc2ccnc(NCc3nc(-c4cc5ccccc5o4)cs3)n2)c1. The maximum Gasteiger partial charge on any atom is 0.226 e. The third-order valence-electron chi connectivity index (χ3n) is 4.44. The van der Waals surface area contributed by atoms with E-state index in [2.05, 4.69) is 26.3 Å². The van der Waals surface area contributed by atoms with Crippen LogP contribution in [0, 0.1) is 11.3 Å². The van der Waals surface area contributed by atoms with Crippen molar-refractivity contribution in [1.82, 2.24) is 15.0 Å². The summed E-state index contributed by atoms with van der Waals surface area (Å²) in [6.07, 6.45) is 1.61. The van der Waals surface area contributed by atoms with Gasteiger partial charge in [0.05, 0.1) is 18.2 Å². The number of nitrogens with zero attached hydrogens (tertiary/aromatic N) is 4. The normalized spacial score (nSPS) is 10.7. The number of furan rings is 1. The summed E-state index contributed by atoms with van der Waals surface area (Å²) in [5.41, 5.74) is 2.16. The van der Waals surface area contributed by atoms with E-state index in [4.69, 9.17) is 14.4 Å². The highest BCUT2D eigenvalue weighted by molar-refractivity contribution is 7.09. The molecule has 0 fully saturated rings. The Balaban J connectivity index is 1.26. The molecule has 0 aliphatic carbocycles. The van der Waals surface area contributed by atoms with E-state index in [1.165, 1.54) is 11.3 Å². The van der Waals surface area contributed by atoms with Crippen LogP contribution < -0.4 is 10.1 Å². The zero-order valence-electron chi connectivity index (χ0n) is 16.1. The molecular formula is C23H15N5O2S. The fourth-order valence-corrected chi connectivity index (χ4v) is 3.73. The summed E-state index contributed by atoms with van der Waals surface area (Å²) in [5.74, 6) is 2.10. The van der Waals surface area contributed by atoms with Crippen LogP contribution in [0.1, 0.15) is 10.6 Å². The molecule has 0 saturated heterocycles. The summed E-state index contributed by atoms with van der Waals surface area (Å²) < 4.78 is 11.6. The van der Waals surface area contributed by atoms with Crippen LogP contribution in [-0.4, -0.2) is 15.0 Å². The van der Waals surface area contributed by atoms with Crippen LogP contribution in [0.2, 0.25) is 0 Å². The molecule has 0 radical (unpaired) electrons. The van der Waals surface area contributed by atoms with Crippen molar-refractivity contribution >= 4 is 28.3 Å². The van der Waals surface area contributed by atoms with Gasteiger partial charge in [0.1, 0.15) is 22.0 Å². The predicted octanol–water partition coefficient (Wildman–Crippen LogP) is 5.62. The number of para-hydroxylation sites is 1. The van der Waals surface area contributed by atoms with Gasteiger partial charge >= 0.3 is 0 Å². The van der Waals surface area contributed by atoms with Gasteiger partial charge in [0.15, 0.2) is 5.76 Å². The van der Waals surface area contributed by atoms with Crippen LogP contribution in [0.5, 0.6) is 11.6 Å². The van der Waals surface area contributed by atoms with E-state index in [9.17, 15) is 0 Å². The number of hydrogen-bond donors (Lipinski definition) is 1. The molecule has 2 aromatic carbocycles. The molecule has 7 nitrogen and oxygen atoms in total. The maximum absolute atomic E-state index is 9.01. The van der Waals surface area contributed by atoms with Crippen molar-refractivity contribution in [3.05, 3.63) is 82.8 Å². The number of benzene rings is 2. The molecule has 0 spiro atoms. The van der Waals surface area contributed by atoms with Gasteiger partial charge in [0, 0.05) is 23.0 Å². The summed E-state index contributed by atoms with van der Waals surface area (Å²) in [5, 5.41) is 16.1. The second-order valence-corrected chi connectivity index (χ2v) is 7.53. The first kappa shape index (κ1) is 18.8. The zero-order chi connectivity index (χ0) is 21.0. The van der Waals surface area contributed by atoms with Crippen LogP contribution in [-0.2, 0) is 6.54 Å². The van der Waals surface area contributed by atoms with Crippen molar-refractivity contribution in [2.45, 2.75) is 6.54 Å². The Kier molecular flexibility index (Phi) is 5.01. The predicted molar refractivity (Wildman–Crippen MR) is 118 cm³/mol. The van der Waals surface area contributed by atoms with Crippen molar-refractivity contribution in [3.8, 4) is 29.2 Å². The first-order valence-corrected chi connectivity index (χ1v) is 10.3. The number of thiazole rings is 1. The number of nitriles is 1. The largest absolute Gasteiger partial charge is 0.454 e. The average molecular weight is 425 g/mol. The molecule has 5 rings (SSSR count). The van der Waals surface area contributed by atoms with Gasteiger partial charge in [-0.1, -0.05) is 24.3 Å². The Morgan fingerprint density at radius 1 is 1.06 bits per heavy atom. The van der Waals surface area contributed by atoms with Gasteiger partial charge in [-0.3, -0.25) is 0 Å². The second-order valence-electron chi connectivity index (χ2n) is 6.59. The van der Waals surface area contributed by atoms with Gasteiger partial charge in [0.2, 0.25) is 11.8 Å². The highest BCUT2D eigenvalue weighted by atomic mass is 32.1. The van der Waals surface area contributed by atoms with Crippen molar-refractivity contribution in [2.24, 2.45) is 0 Å². The molecule has 0 unspecified atom stereocenters. The van der Waals surface area contributed by atoms with Gasteiger partial charge in [0.25, 0.3) is 0 Å². The van der Waals surface area contributed by atoms with Gasteiger partial charge in [-0.2, -0.15) is 10.2 Å². The molecule has 0 atom stereocenters. The minimum atomic E-state index is 0.384. The van der Waals surface area contributed by atoms with E-state index in [1.54, 1.807) is 36.5 Å². The van der Waals surface area contributed by atoms with Crippen molar-refractivity contribution in [3.63, 3.8) is 0 Å². The lowest BCUT2D eigenvalue weighted by molar-refractivity contribution is 0.462. The monoisotopic (exact) mass is 425 g/mol. The third kappa shape index (κ3) is 4.22. The Hall–Kier alpha value is -4.22. The summed E-state index contributed by atoms with van der Waals surface area (Å²) in [6, 6.07) is 20.5. The van der Waals surface area contributed by atoms with E-state index in [0.29, 0.717) is 29.7 Å². The third-order valence-corrected chi connectivity index (χ3v) is 5.29. The highest BCUT2D eigenvalue weighted by Crippen LogP contribution is 2.29. The standard InChI is InChI=1S/C23H15N5O2S/c24-12-15-4-3-6-17(10-15)29-21-8-9-25-23(28-21)26-13-22-27-18(14-31-22)20-11-16-5-1-2-7-19(16)30-20/h1-11,14H,13H2,(H,25,26,28). The van der Waals surface area contributed by atoms with E-state index in [1.807, 2.05) is 35.7 Å². The molecule has 0 aliphatic heterocycles. The van der Waals surface area contributed by atoms with E-state index < -0.39 is 0 Å². The van der Waals surface area contributed by atoms with Crippen LogP contribution in [0.15, 0.2) is 76.7 Å². The molecule has 0 saturated carbocycles. The van der Waals surface area contributed by atoms with E-state index >= 15 is 0 Å². The lowest BCUT2D eigenvalue weighted by Gasteiger charge is -2.07. The number of fused-ring (bicyclic) bond motifs is 1. The highest BCUT2D eigenvalue weighted by Gasteiger charge is 2.11. The number of ether oxygens (including phenoxy) is 1. The average Bonchev–Trinajstić information content (AvgIpc) is 3.45. The molecule has 1 N–H and O–H groups in total. The van der Waals surface area contributed by atoms with Crippen LogP contribution >= 0.6 is 11.3 Å². The molecule has 3 heterocycles. The van der Waals surface area contributed by atoms with Crippen molar-refractivity contribution in [2.75, 3.05) is 5.32 Å². The Bertz CT molecular complexity index is 1370. The van der Waals surface area contributed by atoms with E-state index in [0.717, 1.165) is 27.4 Å². The number of aromatic nitrogens is 3. The van der Waals surface area contributed by atoms with Gasteiger partial charge < -0.3 is 14.5 Å². The first-order chi connectivity index (χ1) is 15.3. The quantitative estimate of drug-likeness (QED) is 0.377. The number of hydrogen-bond acceptors (Lipinski definition) is 8. The van der Waals surface area contributed by atoms with Gasteiger partial charge in [-0.25, -0.2) is 9.97 Å². The second kappa shape index (κ2) is 8.26. The van der Waals surface area contributed by atoms with Crippen LogP contribution in [0.3, 0.4) is 0 Å². The minimum Gasteiger partial charge on any atom is -0.454 e. The maximum atomic E-state index is 9.01. The number of nitrogens with one attached hydrogen (secondary N) is 1. The zero-order valence-corrected chi connectivity index (χ0v) is 17.0. The lowest BCUT2D eigenvalue weighted by atomic mass is 10.2. The molecule has 3 aromatic heterocycles. The van der Waals surface area contributed by atoms with E-state index in [-0.39, 0.29) is 0 Å². The molecule has 150 valence electrons. The van der Waals surface area contributed by atoms with Gasteiger partial charge in [-0.15, -0.1) is 11.3 Å². The number of anilines is 1. The number of rotatable bonds is 6. The van der Waals surface area contributed by atoms with Crippen LogP contribution in [0.25, 0.3) is 22.4 Å². The summed E-state index contributed by atoms with van der Waals surface area (Å²) in [6.45, 7) is 0.471. The molecule has 31 heavy (non-hydrogen) atoms. The Morgan fingerprint density at radius 2 is 2.00 bits per heavy atom. The fourth-order valence-electron chi connectivity index (χ4n) is 3.00. The molecule has 5 aromatic rings. The van der Waals surface area contributed by atoms with Crippen LogP contribution in [0.4, 0.5) is 5.95 Å². The summed E-state index contributed by atoms with van der Waals surface area (Å²) in [7, 11) is 0. The molecule has 0 aliphatic rings. The first-order valence-electron chi connectivity index (χ1n) is 9.45. The molecular weight excluding hydrogens is 410 g/mol. The van der Waals surface area contributed by atoms with Crippen molar-refractivity contribution < 1.29 is 9.15 Å². The summed E-state index contributed by atoms with van der Waals surface area (Å²) >= 11 is 1.53. The molecule has 0 bridgehead atoms. The van der Waals surface area contributed by atoms with Gasteiger partial charge in [-0.05, 0) is 30.3 Å². The lowest BCUT2D eigenvalue weighted by Crippen LogP contribution is -2.03. The Morgan fingerprint density at radius 3 is 2.90 bits per heavy atom. The fraction of sp³-hybridized carbons (Fsp3) is 0.0435. The molecule has 0 amide bonds. The van der Waals surface area contributed by atoms with Crippen molar-refractivity contribution in [1.29, 1.82) is 5.26 Å². The topological polar surface area (TPSA) is 96.9 Å².